The molecular weight excluding hydrogens is 216 g/mol. The molecule has 0 spiro atoms. The van der Waals surface area contributed by atoms with E-state index in [9.17, 15) is 0 Å². The van der Waals surface area contributed by atoms with Crippen molar-refractivity contribution in [3.8, 4) is 0 Å². The molecule has 0 bridgehead atoms. The highest BCUT2D eigenvalue weighted by Gasteiger charge is 2.05. The molecule has 1 atom stereocenters. The van der Waals surface area contributed by atoms with Gasteiger partial charge in [0.15, 0.2) is 9.04 Å². The van der Waals surface area contributed by atoms with Crippen molar-refractivity contribution in [3.63, 3.8) is 0 Å². The van der Waals surface area contributed by atoms with Crippen LogP contribution in [-0.2, 0) is 15.2 Å². The molecule has 2 nitrogen and oxygen atoms in total. The third-order valence-corrected chi connectivity index (χ3v) is 4.26. The first kappa shape index (κ1) is 13.4. The first-order valence-electron chi connectivity index (χ1n) is 6.06. The number of benzene rings is 1. The summed E-state index contributed by atoms with van der Waals surface area (Å²) in [5.74, 6) is 0. The Morgan fingerprint density at radius 1 is 1.12 bits per heavy atom. The van der Waals surface area contributed by atoms with Crippen molar-refractivity contribution in [1.29, 1.82) is 0 Å². The van der Waals surface area contributed by atoms with Crippen LogP contribution in [0.5, 0.6) is 0 Å². The predicted molar refractivity (Wildman–Crippen MR) is 70.2 cm³/mol. The van der Waals surface area contributed by atoms with Gasteiger partial charge < -0.3 is 9.16 Å². The van der Waals surface area contributed by atoms with Crippen molar-refractivity contribution in [2.75, 3.05) is 19.8 Å². The smallest absolute Gasteiger partial charge is 0.178 e. The fourth-order valence-electron chi connectivity index (χ4n) is 1.59. The van der Waals surface area contributed by atoms with Crippen LogP contribution in [0, 0.1) is 0 Å². The van der Waals surface area contributed by atoms with Crippen molar-refractivity contribution in [2.45, 2.75) is 25.9 Å². The van der Waals surface area contributed by atoms with E-state index >= 15 is 0 Å². The fraction of sp³-hybridized carbons (Fsp3) is 0.538. The Labute approximate surface area is 100 Å². The van der Waals surface area contributed by atoms with E-state index in [1.54, 1.807) is 0 Å². The van der Waals surface area contributed by atoms with Crippen LogP contribution >= 0.6 is 0 Å². The summed E-state index contributed by atoms with van der Waals surface area (Å²) in [5.41, 5.74) is 1.39. The predicted octanol–water partition coefficient (Wildman–Crippen LogP) is 2.57. The van der Waals surface area contributed by atoms with E-state index in [4.69, 9.17) is 9.16 Å². The maximum Gasteiger partial charge on any atom is 0.178 e. The Morgan fingerprint density at radius 2 is 1.88 bits per heavy atom. The second kappa shape index (κ2) is 8.50. The van der Waals surface area contributed by atoms with Crippen molar-refractivity contribution >= 4 is 9.04 Å². The van der Waals surface area contributed by atoms with E-state index in [2.05, 4.69) is 36.9 Å². The van der Waals surface area contributed by atoms with E-state index in [1.807, 2.05) is 6.92 Å². The summed E-state index contributed by atoms with van der Waals surface area (Å²) in [6.07, 6.45) is 1.01. The second-order valence-electron chi connectivity index (χ2n) is 3.92. The van der Waals surface area contributed by atoms with Crippen LogP contribution in [0.4, 0.5) is 0 Å². The molecule has 3 heteroatoms. The molecule has 1 aromatic carbocycles. The Balaban J connectivity index is 2.09. The average molecular weight is 238 g/mol. The standard InChI is InChI=1S/C13H22O2Si/c1-3-14-10-7-11-15-16(2)12-13-8-5-4-6-9-13/h4-6,8-9,16H,3,7,10-12H2,1-2H3. The number of ether oxygens (including phenoxy) is 1. The van der Waals surface area contributed by atoms with Gasteiger partial charge in [0, 0.05) is 19.8 Å². The Hall–Kier alpha value is -0.643. The maximum atomic E-state index is 5.85. The molecule has 0 N–H and O–H groups in total. The quantitative estimate of drug-likeness (QED) is 0.512. The highest BCUT2D eigenvalue weighted by atomic mass is 28.3. The number of hydrogen-bond acceptors (Lipinski definition) is 2. The first-order valence-corrected chi connectivity index (χ1v) is 8.50. The zero-order valence-electron chi connectivity index (χ0n) is 10.3. The van der Waals surface area contributed by atoms with E-state index < -0.39 is 9.04 Å². The fourth-order valence-corrected chi connectivity index (χ4v) is 3.22. The van der Waals surface area contributed by atoms with Gasteiger partial charge in [0.05, 0.1) is 0 Å². The Bertz CT molecular complexity index is 264. The summed E-state index contributed by atoms with van der Waals surface area (Å²) in [6, 6.07) is 11.7. The SMILES string of the molecule is CCOCCCO[SiH](C)Cc1ccccc1. The van der Waals surface area contributed by atoms with Crippen LogP contribution in [0.3, 0.4) is 0 Å². The lowest BCUT2D eigenvalue weighted by Crippen LogP contribution is -2.18. The van der Waals surface area contributed by atoms with Crippen molar-refractivity contribution in [1.82, 2.24) is 0 Å². The topological polar surface area (TPSA) is 18.5 Å². The molecule has 0 heterocycles. The zero-order chi connectivity index (χ0) is 11.6. The molecule has 0 amide bonds. The van der Waals surface area contributed by atoms with Gasteiger partial charge in [0.1, 0.15) is 0 Å². The summed E-state index contributed by atoms with van der Waals surface area (Å²) in [7, 11) is -1.04. The summed E-state index contributed by atoms with van der Waals surface area (Å²) < 4.78 is 11.1. The highest BCUT2D eigenvalue weighted by Crippen LogP contribution is 2.03. The molecule has 16 heavy (non-hydrogen) atoms. The first-order chi connectivity index (χ1) is 7.83. The lowest BCUT2D eigenvalue weighted by atomic mass is 10.2. The van der Waals surface area contributed by atoms with Crippen molar-refractivity contribution in [2.24, 2.45) is 0 Å². The van der Waals surface area contributed by atoms with Gasteiger partial charge in [0.2, 0.25) is 0 Å². The van der Waals surface area contributed by atoms with Crippen LogP contribution in [0.1, 0.15) is 18.9 Å². The Kier molecular flexibility index (Phi) is 7.13. The van der Waals surface area contributed by atoms with Gasteiger partial charge in [0.25, 0.3) is 0 Å². The third-order valence-electron chi connectivity index (χ3n) is 2.41. The zero-order valence-corrected chi connectivity index (χ0v) is 11.5. The maximum absolute atomic E-state index is 5.85. The van der Waals surface area contributed by atoms with Crippen LogP contribution in [0.15, 0.2) is 30.3 Å². The van der Waals surface area contributed by atoms with Gasteiger partial charge in [-0.3, -0.25) is 0 Å². The lowest BCUT2D eigenvalue weighted by Gasteiger charge is -2.11. The van der Waals surface area contributed by atoms with E-state index in [-0.39, 0.29) is 0 Å². The minimum atomic E-state index is -1.04. The Morgan fingerprint density at radius 3 is 2.56 bits per heavy atom. The molecule has 0 aliphatic rings. The lowest BCUT2D eigenvalue weighted by molar-refractivity contribution is 0.130. The van der Waals surface area contributed by atoms with Gasteiger partial charge in [-0.25, -0.2) is 0 Å². The molecule has 0 aromatic heterocycles. The second-order valence-corrected chi connectivity index (χ2v) is 6.28. The summed E-state index contributed by atoms with van der Waals surface area (Å²) in [5, 5.41) is 0. The van der Waals surface area contributed by atoms with Gasteiger partial charge in [-0.05, 0) is 31.5 Å². The van der Waals surface area contributed by atoms with Gasteiger partial charge in [-0.15, -0.1) is 0 Å². The molecular formula is C13H22O2Si. The minimum Gasteiger partial charge on any atom is -0.420 e. The summed E-state index contributed by atoms with van der Waals surface area (Å²) >= 11 is 0. The van der Waals surface area contributed by atoms with E-state index in [0.29, 0.717) is 0 Å². The molecule has 0 aliphatic heterocycles. The number of hydrogen-bond donors (Lipinski definition) is 0. The monoisotopic (exact) mass is 238 g/mol. The van der Waals surface area contributed by atoms with E-state index in [0.717, 1.165) is 32.3 Å². The third kappa shape index (κ3) is 6.05. The molecule has 0 aliphatic carbocycles. The van der Waals surface area contributed by atoms with Gasteiger partial charge >= 0.3 is 0 Å². The van der Waals surface area contributed by atoms with Gasteiger partial charge in [-0.2, -0.15) is 0 Å². The molecule has 1 rings (SSSR count). The normalized spacial score (nSPS) is 12.6. The van der Waals surface area contributed by atoms with Crippen LogP contribution in [0.2, 0.25) is 6.55 Å². The van der Waals surface area contributed by atoms with E-state index in [1.165, 1.54) is 5.56 Å². The average Bonchev–Trinajstić information content (AvgIpc) is 2.30. The molecule has 0 saturated heterocycles. The molecule has 1 unspecified atom stereocenters. The number of rotatable bonds is 8. The van der Waals surface area contributed by atoms with Crippen LogP contribution < -0.4 is 0 Å². The molecule has 90 valence electrons. The highest BCUT2D eigenvalue weighted by molar-refractivity contribution is 6.49. The van der Waals surface area contributed by atoms with Gasteiger partial charge in [-0.1, -0.05) is 30.3 Å². The van der Waals surface area contributed by atoms with Crippen molar-refractivity contribution < 1.29 is 9.16 Å². The largest absolute Gasteiger partial charge is 0.420 e. The molecule has 0 fully saturated rings. The summed E-state index contributed by atoms with van der Waals surface area (Å²) in [4.78, 5) is 0. The summed E-state index contributed by atoms with van der Waals surface area (Å²) in [6.45, 7) is 6.75. The molecule has 1 aromatic rings. The molecule has 0 saturated carbocycles. The van der Waals surface area contributed by atoms with Crippen LogP contribution in [-0.4, -0.2) is 28.9 Å². The van der Waals surface area contributed by atoms with Crippen molar-refractivity contribution in [3.05, 3.63) is 35.9 Å². The van der Waals surface area contributed by atoms with Crippen LogP contribution in [0.25, 0.3) is 0 Å². The minimum absolute atomic E-state index is 0.803. The molecule has 0 radical (unpaired) electrons.